The minimum atomic E-state index is -0.672. The zero-order valence-corrected chi connectivity index (χ0v) is 10.2. The van der Waals surface area contributed by atoms with Crippen LogP contribution in [-0.2, 0) is 18.9 Å². The molecule has 2 saturated heterocycles. The highest BCUT2D eigenvalue weighted by Gasteiger charge is 2.49. The number of hydrogen-bond donors (Lipinski definition) is 1. The summed E-state index contributed by atoms with van der Waals surface area (Å²) in [5.74, 6) is -1.26. The van der Waals surface area contributed by atoms with E-state index < -0.39 is 11.6 Å². The molecular formula is C11H20O5. The van der Waals surface area contributed by atoms with Gasteiger partial charge in [0, 0.05) is 0 Å². The van der Waals surface area contributed by atoms with E-state index in [2.05, 4.69) is 0 Å². The summed E-state index contributed by atoms with van der Waals surface area (Å²) in [6.45, 7) is 7.78. The summed E-state index contributed by atoms with van der Waals surface area (Å²) < 4.78 is 22.5. The number of aliphatic hydroxyl groups is 1. The number of hydrogen-bond acceptors (Lipinski definition) is 5. The van der Waals surface area contributed by atoms with Gasteiger partial charge in [0.15, 0.2) is 11.6 Å². The van der Waals surface area contributed by atoms with Gasteiger partial charge in [0.1, 0.15) is 18.3 Å². The largest absolute Gasteiger partial charge is 0.394 e. The maximum absolute atomic E-state index is 9.26. The predicted octanol–water partition coefficient (Wildman–Crippen LogP) is 0.650. The van der Waals surface area contributed by atoms with Crippen LogP contribution < -0.4 is 0 Å². The Morgan fingerprint density at radius 1 is 1.06 bits per heavy atom. The minimum absolute atomic E-state index is 0.0750. The fraction of sp³-hybridized carbons (Fsp3) is 1.00. The Kier molecular flexibility index (Phi) is 3.01. The molecule has 2 fully saturated rings. The van der Waals surface area contributed by atoms with E-state index in [0.717, 1.165) is 0 Å². The normalized spacial score (nSPS) is 41.4. The molecular weight excluding hydrogens is 212 g/mol. The van der Waals surface area contributed by atoms with Crippen molar-refractivity contribution < 1.29 is 24.1 Å². The highest BCUT2D eigenvalue weighted by molar-refractivity contribution is 4.90. The summed E-state index contributed by atoms with van der Waals surface area (Å²) in [4.78, 5) is 0. The average Bonchev–Trinajstić information content (AvgIpc) is 2.65. The molecule has 0 bridgehead atoms. The molecule has 0 amide bonds. The molecule has 2 aliphatic heterocycles. The Bertz CT molecular complexity index is 263. The molecule has 0 unspecified atom stereocenters. The summed E-state index contributed by atoms with van der Waals surface area (Å²) in [5.41, 5.74) is 0. The summed E-state index contributed by atoms with van der Waals surface area (Å²) in [5, 5.41) is 9.26. The van der Waals surface area contributed by atoms with Crippen LogP contribution in [0.5, 0.6) is 0 Å². The monoisotopic (exact) mass is 232 g/mol. The molecule has 5 nitrogen and oxygen atoms in total. The average molecular weight is 232 g/mol. The molecule has 0 radical (unpaired) electrons. The van der Waals surface area contributed by atoms with Gasteiger partial charge in [-0.3, -0.25) is 0 Å². The van der Waals surface area contributed by atoms with E-state index in [-0.39, 0.29) is 24.9 Å². The van der Waals surface area contributed by atoms with Gasteiger partial charge in [0.2, 0.25) is 0 Å². The highest BCUT2D eigenvalue weighted by atomic mass is 16.8. The van der Waals surface area contributed by atoms with Crippen LogP contribution in [0.4, 0.5) is 0 Å². The first-order valence-electron chi connectivity index (χ1n) is 5.61. The van der Waals surface area contributed by atoms with E-state index in [4.69, 9.17) is 18.9 Å². The quantitative estimate of drug-likeness (QED) is 0.757. The zero-order chi connectivity index (χ0) is 12.0. The lowest BCUT2D eigenvalue weighted by Gasteiger charge is -2.23. The van der Waals surface area contributed by atoms with E-state index in [1.165, 1.54) is 0 Å². The molecule has 0 saturated carbocycles. The summed E-state index contributed by atoms with van der Waals surface area (Å²) in [6.07, 6.45) is -0.812. The summed E-state index contributed by atoms with van der Waals surface area (Å²) in [6, 6.07) is 0. The van der Waals surface area contributed by atoms with Crippen molar-refractivity contribution in [1.82, 2.24) is 0 Å². The van der Waals surface area contributed by atoms with Crippen molar-refractivity contribution in [3.05, 3.63) is 0 Å². The van der Waals surface area contributed by atoms with Gasteiger partial charge in [-0.15, -0.1) is 0 Å². The third kappa shape index (κ3) is 2.38. The molecule has 1 N–H and O–H groups in total. The van der Waals surface area contributed by atoms with E-state index >= 15 is 0 Å². The van der Waals surface area contributed by atoms with Crippen LogP contribution in [-0.4, -0.2) is 48.2 Å². The van der Waals surface area contributed by atoms with Crippen LogP contribution in [0.25, 0.3) is 0 Å². The summed E-state index contributed by atoms with van der Waals surface area (Å²) >= 11 is 0. The first-order chi connectivity index (χ1) is 7.33. The van der Waals surface area contributed by atoms with Gasteiger partial charge < -0.3 is 24.1 Å². The Labute approximate surface area is 95.6 Å². The molecule has 94 valence electrons. The van der Waals surface area contributed by atoms with Crippen LogP contribution >= 0.6 is 0 Å². The molecule has 0 aliphatic carbocycles. The number of ether oxygens (including phenoxy) is 4. The van der Waals surface area contributed by atoms with Crippen LogP contribution in [0, 0.1) is 0 Å². The van der Waals surface area contributed by atoms with Crippen molar-refractivity contribution in [2.24, 2.45) is 0 Å². The van der Waals surface area contributed by atoms with Crippen LogP contribution in [0.15, 0.2) is 0 Å². The van der Waals surface area contributed by atoms with Gasteiger partial charge >= 0.3 is 0 Å². The lowest BCUT2D eigenvalue weighted by molar-refractivity contribution is -0.175. The molecule has 5 heteroatoms. The topological polar surface area (TPSA) is 57.2 Å². The highest BCUT2D eigenvalue weighted by Crippen LogP contribution is 2.35. The van der Waals surface area contributed by atoms with E-state index in [1.54, 1.807) is 0 Å². The Morgan fingerprint density at radius 3 is 2.25 bits per heavy atom. The molecule has 2 aliphatic rings. The maximum Gasteiger partial charge on any atom is 0.164 e. The molecule has 0 aromatic rings. The third-order valence-corrected chi connectivity index (χ3v) is 2.80. The fourth-order valence-corrected chi connectivity index (χ4v) is 2.20. The molecule has 0 spiro atoms. The second kappa shape index (κ2) is 3.92. The van der Waals surface area contributed by atoms with Crippen LogP contribution in [0.1, 0.15) is 27.7 Å². The second-order valence-electron chi connectivity index (χ2n) is 5.19. The first-order valence-corrected chi connectivity index (χ1v) is 5.61. The Hall–Kier alpha value is -0.200. The van der Waals surface area contributed by atoms with Gasteiger partial charge in [0.25, 0.3) is 0 Å². The number of rotatable bonds is 2. The Morgan fingerprint density at radius 2 is 1.75 bits per heavy atom. The minimum Gasteiger partial charge on any atom is -0.394 e. The number of aliphatic hydroxyl groups excluding tert-OH is 1. The van der Waals surface area contributed by atoms with E-state index in [9.17, 15) is 5.11 Å². The standard InChI is InChI=1S/C11H20O5/c1-10(2)13-6-8(15-10)9-7(5-12)14-11(3,4)16-9/h7-9,12H,5-6H2,1-4H3/t7-,8-,9-/m0/s1. The second-order valence-corrected chi connectivity index (χ2v) is 5.19. The van der Waals surface area contributed by atoms with Crippen molar-refractivity contribution in [3.8, 4) is 0 Å². The maximum atomic E-state index is 9.26. The van der Waals surface area contributed by atoms with Crippen molar-refractivity contribution in [3.63, 3.8) is 0 Å². The van der Waals surface area contributed by atoms with E-state index in [1.807, 2.05) is 27.7 Å². The van der Waals surface area contributed by atoms with Gasteiger partial charge in [-0.25, -0.2) is 0 Å². The molecule has 3 atom stereocenters. The molecule has 2 heterocycles. The van der Waals surface area contributed by atoms with Gasteiger partial charge in [-0.05, 0) is 27.7 Å². The molecule has 0 aromatic heterocycles. The predicted molar refractivity (Wildman–Crippen MR) is 55.8 cm³/mol. The molecule has 16 heavy (non-hydrogen) atoms. The lowest BCUT2D eigenvalue weighted by Crippen LogP contribution is -2.39. The van der Waals surface area contributed by atoms with Crippen molar-refractivity contribution in [2.75, 3.05) is 13.2 Å². The lowest BCUT2D eigenvalue weighted by atomic mass is 10.1. The van der Waals surface area contributed by atoms with Crippen LogP contribution in [0.3, 0.4) is 0 Å². The fourth-order valence-electron chi connectivity index (χ4n) is 2.20. The van der Waals surface area contributed by atoms with Crippen molar-refractivity contribution in [1.29, 1.82) is 0 Å². The smallest absolute Gasteiger partial charge is 0.164 e. The molecule has 0 aromatic carbocycles. The third-order valence-electron chi connectivity index (χ3n) is 2.80. The van der Waals surface area contributed by atoms with Gasteiger partial charge in [0.05, 0.1) is 13.2 Å². The van der Waals surface area contributed by atoms with Gasteiger partial charge in [-0.2, -0.15) is 0 Å². The first kappa shape index (κ1) is 12.3. The SMILES string of the molecule is CC1(C)OC[C@@H]([C@H]2OC(C)(C)O[C@H]2CO)O1. The van der Waals surface area contributed by atoms with E-state index in [0.29, 0.717) is 6.61 Å². The summed E-state index contributed by atoms with van der Waals surface area (Å²) in [7, 11) is 0. The Balaban J connectivity index is 2.04. The van der Waals surface area contributed by atoms with Gasteiger partial charge in [-0.1, -0.05) is 0 Å². The van der Waals surface area contributed by atoms with Crippen molar-refractivity contribution >= 4 is 0 Å². The van der Waals surface area contributed by atoms with Crippen molar-refractivity contribution in [2.45, 2.75) is 57.6 Å². The van der Waals surface area contributed by atoms with Crippen LogP contribution in [0.2, 0.25) is 0 Å². The zero-order valence-electron chi connectivity index (χ0n) is 10.2. The molecule has 2 rings (SSSR count).